The normalized spacial score (nSPS) is 20.1. The minimum atomic E-state index is -2.99. The smallest absolute Gasteiger partial charge is 0.233 e. The Morgan fingerprint density at radius 2 is 2.12 bits per heavy atom. The van der Waals surface area contributed by atoms with Crippen LogP contribution in [0.1, 0.15) is 34.1 Å². The molecule has 1 aliphatic heterocycles. The SMILES string of the molecule is CCN(C(=O)CSc1nnc(NC(C)(C)C)s1)C1CCS(=O)(=O)C1. The highest BCUT2D eigenvalue weighted by atomic mass is 32.2. The van der Waals surface area contributed by atoms with E-state index in [1.807, 2.05) is 27.7 Å². The molecule has 1 fully saturated rings. The fraction of sp³-hybridized carbons (Fsp3) is 0.786. The van der Waals surface area contributed by atoms with Crippen molar-refractivity contribution in [3.63, 3.8) is 0 Å². The maximum Gasteiger partial charge on any atom is 0.233 e. The van der Waals surface area contributed by atoms with Crippen molar-refractivity contribution in [2.24, 2.45) is 0 Å². The maximum atomic E-state index is 12.4. The van der Waals surface area contributed by atoms with Gasteiger partial charge < -0.3 is 10.2 Å². The van der Waals surface area contributed by atoms with Crippen LogP contribution >= 0.6 is 23.1 Å². The molecule has 1 atom stereocenters. The zero-order valence-electron chi connectivity index (χ0n) is 14.4. The summed E-state index contributed by atoms with van der Waals surface area (Å²) >= 11 is 2.76. The van der Waals surface area contributed by atoms with Gasteiger partial charge in [-0.25, -0.2) is 8.42 Å². The molecule has 2 heterocycles. The Kier molecular flexibility index (Phi) is 6.14. The van der Waals surface area contributed by atoms with E-state index < -0.39 is 9.84 Å². The average Bonchev–Trinajstić information content (AvgIpc) is 3.02. The third-order valence-corrected chi connectivity index (χ3v) is 7.22. The van der Waals surface area contributed by atoms with Gasteiger partial charge in [0.15, 0.2) is 14.2 Å². The van der Waals surface area contributed by atoms with E-state index in [-0.39, 0.29) is 34.7 Å². The summed E-state index contributed by atoms with van der Waals surface area (Å²) in [6.45, 7) is 8.52. The molecule has 10 heteroatoms. The zero-order chi connectivity index (χ0) is 18.0. The lowest BCUT2D eigenvalue weighted by molar-refractivity contribution is -0.129. The molecule has 0 spiro atoms. The van der Waals surface area contributed by atoms with Crippen LogP contribution in [0.2, 0.25) is 0 Å². The van der Waals surface area contributed by atoms with Gasteiger partial charge in [0.05, 0.1) is 17.3 Å². The molecule has 7 nitrogen and oxygen atoms in total. The van der Waals surface area contributed by atoms with Crippen LogP contribution in [-0.4, -0.2) is 64.8 Å². The summed E-state index contributed by atoms with van der Waals surface area (Å²) < 4.78 is 24.0. The van der Waals surface area contributed by atoms with Crippen LogP contribution in [-0.2, 0) is 14.6 Å². The lowest BCUT2D eigenvalue weighted by Crippen LogP contribution is -2.41. The van der Waals surface area contributed by atoms with Crippen LogP contribution in [0, 0.1) is 0 Å². The lowest BCUT2D eigenvalue weighted by atomic mass is 10.1. The standard InChI is InChI=1S/C14H24N4O3S3/c1-5-18(10-6-7-24(20,21)9-10)11(19)8-22-13-17-16-12(23-13)15-14(2,3)4/h10H,5-9H2,1-4H3,(H,15,16). The van der Waals surface area contributed by atoms with E-state index in [0.29, 0.717) is 13.0 Å². The van der Waals surface area contributed by atoms with Crippen LogP contribution in [0.15, 0.2) is 4.34 Å². The highest BCUT2D eigenvalue weighted by molar-refractivity contribution is 8.01. The predicted molar refractivity (Wildman–Crippen MR) is 98.5 cm³/mol. The summed E-state index contributed by atoms with van der Waals surface area (Å²) in [6.07, 6.45) is 0.533. The topological polar surface area (TPSA) is 92.3 Å². The summed E-state index contributed by atoms with van der Waals surface area (Å²) in [5.74, 6) is 0.446. The number of nitrogens with zero attached hydrogens (tertiary/aromatic N) is 3. The molecule has 0 bridgehead atoms. The summed E-state index contributed by atoms with van der Waals surface area (Å²) in [5.41, 5.74) is -0.0930. The highest BCUT2D eigenvalue weighted by Crippen LogP contribution is 2.28. The minimum absolute atomic E-state index is 0.0508. The number of aromatic nitrogens is 2. The average molecular weight is 393 g/mol. The van der Waals surface area contributed by atoms with Gasteiger partial charge in [0.1, 0.15) is 0 Å². The van der Waals surface area contributed by atoms with Crippen LogP contribution < -0.4 is 5.32 Å². The van der Waals surface area contributed by atoms with E-state index in [1.165, 1.54) is 23.1 Å². The van der Waals surface area contributed by atoms with Gasteiger partial charge in [-0.1, -0.05) is 23.1 Å². The first-order chi connectivity index (χ1) is 11.1. The Morgan fingerprint density at radius 3 is 2.67 bits per heavy atom. The molecule has 2 rings (SSSR count). The molecule has 0 saturated carbocycles. The number of carbonyl (C=O) groups excluding carboxylic acids is 1. The molecule has 24 heavy (non-hydrogen) atoms. The second kappa shape index (κ2) is 7.57. The number of hydrogen-bond donors (Lipinski definition) is 1. The van der Waals surface area contributed by atoms with Gasteiger partial charge in [-0.3, -0.25) is 4.79 Å². The van der Waals surface area contributed by atoms with E-state index in [9.17, 15) is 13.2 Å². The first kappa shape index (κ1) is 19.5. The van der Waals surface area contributed by atoms with E-state index >= 15 is 0 Å². The van der Waals surface area contributed by atoms with Crippen molar-refractivity contribution in [2.45, 2.75) is 50.0 Å². The minimum Gasteiger partial charge on any atom is -0.355 e. The molecule has 1 saturated heterocycles. The van der Waals surface area contributed by atoms with Gasteiger partial charge >= 0.3 is 0 Å². The van der Waals surface area contributed by atoms with Crippen molar-refractivity contribution in [3.8, 4) is 0 Å². The predicted octanol–water partition coefficient (Wildman–Crippen LogP) is 1.88. The molecule has 0 aromatic carbocycles. The summed E-state index contributed by atoms with van der Waals surface area (Å²) in [4.78, 5) is 14.1. The van der Waals surface area contributed by atoms with Gasteiger partial charge in [0.25, 0.3) is 0 Å². The van der Waals surface area contributed by atoms with E-state index in [0.717, 1.165) is 9.47 Å². The van der Waals surface area contributed by atoms with Gasteiger partial charge in [-0.15, -0.1) is 10.2 Å². The maximum absolute atomic E-state index is 12.4. The third kappa shape index (κ3) is 5.59. The largest absolute Gasteiger partial charge is 0.355 e. The summed E-state index contributed by atoms with van der Waals surface area (Å²) in [6, 6.07) is -0.194. The summed E-state index contributed by atoms with van der Waals surface area (Å²) in [7, 11) is -2.99. The molecule has 1 aromatic rings. The second-order valence-corrected chi connectivity index (χ2v) is 11.2. The van der Waals surface area contributed by atoms with Crippen molar-refractivity contribution < 1.29 is 13.2 Å². The van der Waals surface area contributed by atoms with Crippen LogP contribution in [0.3, 0.4) is 0 Å². The van der Waals surface area contributed by atoms with Crippen molar-refractivity contribution in [1.29, 1.82) is 0 Å². The quantitative estimate of drug-likeness (QED) is 0.739. The highest BCUT2D eigenvalue weighted by Gasteiger charge is 2.33. The first-order valence-electron chi connectivity index (χ1n) is 7.84. The van der Waals surface area contributed by atoms with Gasteiger partial charge in [-0.2, -0.15) is 0 Å². The van der Waals surface area contributed by atoms with Gasteiger partial charge in [0.2, 0.25) is 11.0 Å². The van der Waals surface area contributed by atoms with Crippen molar-refractivity contribution in [2.75, 3.05) is 29.1 Å². The summed E-state index contributed by atoms with van der Waals surface area (Å²) in [5, 5.41) is 12.1. The monoisotopic (exact) mass is 392 g/mol. The number of amides is 1. The van der Waals surface area contributed by atoms with Crippen LogP contribution in [0.25, 0.3) is 0 Å². The second-order valence-electron chi connectivity index (χ2n) is 6.77. The first-order valence-corrected chi connectivity index (χ1v) is 11.5. The van der Waals surface area contributed by atoms with E-state index in [2.05, 4.69) is 15.5 Å². The fourth-order valence-electron chi connectivity index (χ4n) is 2.51. The van der Waals surface area contributed by atoms with Crippen molar-refractivity contribution in [1.82, 2.24) is 15.1 Å². The molecule has 1 aromatic heterocycles. The number of rotatable bonds is 6. The number of hydrogen-bond acceptors (Lipinski definition) is 8. The van der Waals surface area contributed by atoms with Crippen molar-refractivity contribution in [3.05, 3.63) is 0 Å². The van der Waals surface area contributed by atoms with Crippen LogP contribution in [0.5, 0.6) is 0 Å². The molecule has 0 aliphatic carbocycles. The molecule has 1 amide bonds. The number of thioether (sulfide) groups is 1. The van der Waals surface area contributed by atoms with Crippen molar-refractivity contribution >= 4 is 44.0 Å². The Labute approximate surface area is 151 Å². The lowest BCUT2D eigenvalue weighted by Gasteiger charge is -2.26. The van der Waals surface area contributed by atoms with E-state index in [4.69, 9.17) is 0 Å². The van der Waals surface area contributed by atoms with Gasteiger partial charge in [-0.05, 0) is 34.1 Å². The molecule has 1 N–H and O–H groups in total. The molecule has 1 unspecified atom stereocenters. The number of sulfone groups is 1. The molecule has 0 radical (unpaired) electrons. The molecule has 1 aliphatic rings. The van der Waals surface area contributed by atoms with Crippen LogP contribution in [0.4, 0.5) is 5.13 Å². The number of anilines is 1. The van der Waals surface area contributed by atoms with E-state index in [1.54, 1.807) is 4.90 Å². The number of carbonyl (C=O) groups is 1. The Hall–Kier alpha value is -0.870. The zero-order valence-corrected chi connectivity index (χ0v) is 16.9. The third-order valence-electron chi connectivity index (χ3n) is 3.52. The number of nitrogens with one attached hydrogen (secondary N) is 1. The Morgan fingerprint density at radius 1 is 1.42 bits per heavy atom. The van der Waals surface area contributed by atoms with Gasteiger partial charge in [0, 0.05) is 18.1 Å². The molecular weight excluding hydrogens is 368 g/mol. The fourth-order valence-corrected chi connectivity index (χ4v) is 6.08. The molecule has 136 valence electrons. The Bertz CT molecular complexity index is 682. The Balaban J connectivity index is 1.90. The molecular formula is C14H24N4O3S3.